The minimum atomic E-state index is 0.821. The highest BCUT2D eigenvalue weighted by atomic mass is 15.2. The third kappa shape index (κ3) is 1.63. The van der Waals surface area contributed by atoms with Gasteiger partial charge in [0.2, 0.25) is 0 Å². The van der Waals surface area contributed by atoms with Crippen LogP contribution in [0.4, 0.5) is 0 Å². The van der Waals surface area contributed by atoms with Gasteiger partial charge in [0, 0.05) is 12.1 Å². The van der Waals surface area contributed by atoms with Crippen LogP contribution in [0, 0.1) is 11.8 Å². The molecule has 0 N–H and O–H groups in total. The maximum atomic E-state index is 2.65. The number of nitrogens with zero attached hydrogens (tertiary/aromatic N) is 1. The first-order valence-electron chi connectivity index (χ1n) is 5.92. The summed E-state index contributed by atoms with van der Waals surface area (Å²) in [6, 6.07) is 1.72. The zero-order chi connectivity index (χ0) is 9.42. The largest absolute Gasteiger partial charge is 0.300 e. The second-order valence-corrected chi connectivity index (χ2v) is 5.25. The van der Waals surface area contributed by atoms with E-state index in [0.717, 1.165) is 23.9 Å². The molecule has 2 aliphatic rings. The number of hydrogen-bond acceptors (Lipinski definition) is 1. The molecule has 1 aliphatic heterocycles. The Bertz CT molecular complexity index is 176. The molecule has 1 heterocycles. The van der Waals surface area contributed by atoms with E-state index in [0.29, 0.717) is 0 Å². The van der Waals surface area contributed by atoms with Crippen molar-refractivity contribution in [2.45, 2.75) is 58.0 Å². The van der Waals surface area contributed by atoms with Crippen molar-refractivity contribution in [2.75, 3.05) is 7.05 Å². The van der Waals surface area contributed by atoms with E-state index in [-0.39, 0.29) is 0 Å². The van der Waals surface area contributed by atoms with Crippen LogP contribution in [-0.2, 0) is 0 Å². The molecule has 76 valence electrons. The van der Waals surface area contributed by atoms with Gasteiger partial charge in [-0.15, -0.1) is 0 Å². The second kappa shape index (κ2) is 3.61. The molecule has 0 amide bonds. The lowest BCUT2D eigenvalue weighted by Gasteiger charge is -2.49. The minimum Gasteiger partial charge on any atom is -0.300 e. The lowest BCUT2D eigenvalue weighted by atomic mass is 9.72. The van der Waals surface area contributed by atoms with Gasteiger partial charge in [-0.2, -0.15) is 0 Å². The number of likely N-dealkylation sites (tertiary alicyclic amines) is 1. The smallest absolute Gasteiger partial charge is 0.0149 e. The first-order chi connectivity index (χ1) is 6.20. The fourth-order valence-corrected chi connectivity index (χ4v) is 3.51. The molecule has 4 atom stereocenters. The summed E-state index contributed by atoms with van der Waals surface area (Å²) in [5.41, 5.74) is 0. The van der Waals surface area contributed by atoms with Crippen molar-refractivity contribution < 1.29 is 0 Å². The van der Waals surface area contributed by atoms with E-state index in [4.69, 9.17) is 0 Å². The summed E-state index contributed by atoms with van der Waals surface area (Å²) in [7, 11) is 2.34. The summed E-state index contributed by atoms with van der Waals surface area (Å²) < 4.78 is 0. The number of piperidine rings is 1. The predicted molar refractivity (Wildman–Crippen MR) is 56.8 cm³/mol. The average Bonchev–Trinajstić information content (AvgIpc) is 2.12. The molecular weight excluding hydrogens is 158 g/mol. The van der Waals surface area contributed by atoms with Crippen LogP contribution in [0.15, 0.2) is 0 Å². The molecule has 0 aromatic rings. The highest BCUT2D eigenvalue weighted by Crippen LogP contribution is 2.39. The van der Waals surface area contributed by atoms with Crippen LogP contribution < -0.4 is 0 Å². The van der Waals surface area contributed by atoms with Crippen molar-refractivity contribution >= 4 is 0 Å². The third-order valence-electron chi connectivity index (χ3n) is 4.42. The van der Waals surface area contributed by atoms with Crippen molar-refractivity contribution in [1.82, 2.24) is 4.90 Å². The second-order valence-electron chi connectivity index (χ2n) is 5.25. The summed E-state index contributed by atoms with van der Waals surface area (Å²) in [6.45, 7) is 4.84. The molecule has 1 saturated heterocycles. The van der Waals surface area contributed by atoms with Crippen LogP contribution in [0.5, 0.6) is 0 Å². The lowest BCUT2D eigenvalue weighted by Crippen LogP contribution is -2.52. The highest BCUT2D eigenvalue weighted by molar-refractivity contribution is 4.92. The van der Waals surface area contributed by atoms with Gasteiger partial charge in [-0.1, -0.05) is 13.3 Å². The van der Waals surface area contributed by atoms with E-state index >= 15 is 0 Å². The molecule has 0 aromatic carbocycles. The monoisotopic (exact) mass is 181 g/mol. The number of rotatable bonds is 0. The van der Waals surface area contributed by atoms with Gasteiger partial charge in [-0.05, 0) is 51.5 Å². The van der Waals surface area contributed by atoms with E-state index < -0.39 is 0 Å². The molecule has 1 saturated carbocycles. The predicted octanol–water partition coefficient (Wildman–Crippen LogP) is 2.91. The van der Waals surface area contributed by atoms with Gasteiger partial charge in [0.15, 0.2) is 0 Å². The van der Waals surface area contributed by atoms with Crippen molar-refractivity contribution in [1.29, 1.82) is 0 Å². The Kier molecular flexibility index (Phi) is 2.64. The highest BCUT2D eigenvalue weighted by Gasteiger charge is 2.38. The van der Waals surface area contributed by atoms with Crippen molar-refractivity contribution in [3.8, 4) is 0 Å². The van der Waals surface area contributed by atoms with E-state index in [1.807, 2.05) is 0 Å². The van der Waals surface area contributed by atoms with E-state index in [9.17, 15) is 0 Å². The van der Waals surface area contributed by atoms with Crippen molar-refractivity contribution in [3.63, 3.8) is 0 Å². The van der Waals surface area contributed by atoms with Gasteiger partial charge in [0.05, 0.1) is 0 Å². The van der Waals surface area contributed by atoms with Gasteiger partial charge >= 0.3 is 0 Å². The van der Waals surface area contributed by atoms with Crippen LogP contribution in [0.25, 0.3) is 0 Å². The summed E-state index contributed by atoms with van der Waals surface area (Å²) in [4.78, 5) is 2.65. The van der Waals surface area contributed by atoms with E-state index in [1.54, 1.807) is 0 Å². The lowest BCUT2D eigenvalue weighted by molar-refractivity contribution is 0.0116. The van der Waals surface area contributed by atoms with Gasteiger partial charge in [-0.25, -0.2) is 0 Å². The van der Waals surface area contributed by atoms with E-state index in [1.165, 1.54) is 32.1 Å². The maximum absolute atomic E-state index is 2.65. The summed E-state index contributed by atoms with van der Waals surface area (Å²) in [6.07, 6.45) is 7.33. The standard InChI is InChI=1S/C12H23N/c1-9-5-4-6-11-8-7-10(2)13(3)12(9)11/h9-12H,4-8H2,1-3H3/t9-,10+,11-,12+/m1/s1. The molecule has 0 radical (unpaired) electrons. The minimum absolute atomic E-state index is 0.821. The number of hydrogen-bond donors (Lipinski definition) is 0. The summed E-state index contributed by atoms with van der Waals surface area (Å²) >= 11 is 0. The Morgan fingerprint density at radius 1 is 1.00 bits per heavy atom. The van der Waals surface area contributed by atoms with E-state index in [2.05, 4.69) is 25.8 Å². The van der Waals surface area contributed by atoms with Gasteiger partial charge in [0.1, 0.15) is 0 Å². The molecule has 13 heavy (non-hydrogen) atoms. The third-order valence-corrected chi connectivity index (χ3v) is 4.42. The Hall–Kier alpha value is -0.0400. The fourth-order valence-electron chi connectivity index (χ4n) is 3.51. The Morgan fingerprint density at radius 3 is 2.54 bits per heavy atom. The van der Waals surface area contributed by atoms with Gasteiger partial charge in [-0.3, -0.25) is 0 Å². The zero-order valence-corrected chi connectivity index (χ0v) is 9.29. The Morgan fingerprint density at radius 2 is 1.77 bits per heavy atom. The zero-order valence-electron chi connectivity index (χ0n) is 9.29. The molecular formula is C12H23N. The molecule has 0 unspecified atom stereocenters. The van der Waals surface area contributed by atoms with Crippen molar-refractivity contribution in [3.05, 3.63) is 0 Å². The average molecular weight is 181 g/mol. The SMILES string of the molecule is C[C@@H]1CCC[C@@H]2CC[C@H](C)N(C)[C@H]21. The van der Waals surface area contributed by atoms with Gasteiger partial charge in [0.25, 0.3) is 0 Å². The molecule has 0 spiro atoms. The first-order valence-corrected chi connectivity index (χ1v) is 5.92. The Balaban J connectivity index is 2.10. The van der Waals surface area contributed by atoms with Crippen LogP contribution >= 0.6 is 0 Å². The summed E-state index contributed by atoms with van der Waals surface area (Å²) in [5.74, 6) is 1.96. The molecule has 1 heteroatoms. The topological polar surface area (TPSA) is 3.24 Å². The van der Waals surface area contributed by atoms with Crippen LogP contribution in [0.2, 0.25) is 0 Å². The van der Waals surface area contributed by atoms with Crippen molar-refractivity contribution in [2.24, 2.45) is 11.8 Å². The first kappa shape index (κ1) is 9.51. The maximum Gasteiger partial charge on any atom is 0.0149 e. The molecule has 0 aromatic heterocycles. The number of fused-ring (bicyclic) bond motifs is 1. The van der Waals surface area contributed by atoms with Crippen LogP contribution in [0.1, 0.15) is 46.0 Å². The fraction of sp³-hybridized carbons (Fsp3) is 1.00. The quantitative estimate of drug-likeness (QED) is 0.555. The Labute approximate surface area is 82.5 Å². The normalized spacial score (nSPS) is 47.3. The molecule has 2 fully saturated rings. The molecule has 1 nitrogen and oxygen atoms in total. The van der Waals surface area contributed by atoms with Gasteiger partial charge < -0.3 is 4.90 Å². The summed E-state index contributed by atoms with van der Waals surface area (Å²) in [5, 5.41) is 0. The molecule has 2 rings (SSSR count). The van der Waals surface area contributed by atoms with Crippen LogP contribution in [0.3, 0.4) is 0 Å². The molecule has 1 aliphatic carbocycles. The van der Waals surface area contributed by atoms with Crippen LogP contribution in [-0.4, -0.2) is 24.0 Å². The molecule has 0 bridgehead atoms.